The number of benzene rings is 2. The molecular formula is C19H19N5O2S. The van der Waals surface area contributed by atoms with Gasteiger partial charge in [0.15, 0.2) is 5.78 Å². The first-order valence-corrected chi connectivity index (χ1v) is 9.32. The number of ketones is 1. The number of thioether (sulfide) groups is 1. The van der Waals surface area contributed by atoms with Crippen LogP contribution in [0.3, 0.4) is 0 Å². The lowest BCUT2D eigenvalue weighted by Crippen LogP contribution is -2.08. The first-order valence-electron chi connectivity index (χ1n) is 8.33. The van der Waals surface area contributed by atoms with Crippen molar-refractivity contribution in [1.29, 1.82) is 0 Å². The van der Waals surface area contributed by atoms with E-state index >= 15 is 0 Å². The van der Waals surface area contributed by atoms with Crippen molar-refractivity contribution < 1.29 is 9.59 Å². The average Bonchev–Trinajstić information content (AvgIpc) is 3.10. The number of aromatic nitrogens is 4. The number of carbonyl (C=O) groups is 2. The summed E-state index contributed by atoms with van der Waals surface area (Å²) in [7, 11) is 0. The van der Waals surface area contributed by atoms with Crippen molar-refractivity contribution in [3.8, 4) is 5.69 Å². The summed E-state index contributed by atoms with van der Waals surface area (Å²) in [4.78, 5) is 23.8. The molecule has 0 aliphatic heterocycles. The molecule has 1 aromatic heterocycles. The van der Waals surface area contributed by atoms with Crippen LogP contribution < -0.4 is 5.32 Å². The molecule has 0 radical (unpaired) electrons. The Morgan fingerprint density at radius 1 is 1.15 bits per heavy atom. The van der Waals surface area contributed by atoms with Crippen LogP contribution in [0.5, 0.6) is 0 Å². The Bertz CT molecular complexity index is 999. The van der Waals surface area contributed by atoms with Crippen LogP contribution in [0.1, 0.15) is 28.4 Å². The van der Waals surface area contributed by atoms with Crippen LogP contribution >= 0.6 is 11.8 Å². The Hall–Kier alpha value is -3.00. The number of nitrogens with one attached hydrogen (secondary N) is 1. The fourth-order valence-electron chi connectivity index (χ4n) is 2.59. The van der Waals surface area contributed by atoms with Gasteiger partial charge in [-0.15, -0.1) is 5.10 Å². The molecule has 27 heavy (non-hydrogen) atoms. The summed E-state index contributed by atoms with van der Waals surface area (Å²) in [5, 5.41) is 15.0. The molecule has 1 heterocycles. The van der Waals surface area contributed by atoms with E-state index in [1.54, 1.807) is 22.9 Å². The molecule has 1 amide bonds. The fraction of sp³-hybridized carbons (Fsp3) is 0.211. The van der Waals surface area contributed by atoms with E-state index in [2.05, 4.69) is 20.8 Å². The topological polar surface area (TPSA) is 89.8 Å². The van der Waals surface area contributed by atoms with Gasteiger partial charge in [-0.05, 0) is 54.1 Å². The Balaban J connectivity index is 1.77. The fourth-order valence-corrected chi connectivity index (χ4v) is 3.37. The van der Waals surface area contributed by atoms with Gasteiger partial charge in [-0.1, -0.05) is 35.5 Å². The number of carbonyl (C=O) groups excluding carboxylic acids is 2. The largest absolute Gasteiger partial charge is 0.326 e. The molecule has 0 spiro atoms. The molecule has 0 unspecified atom stereocenters. The minimum Gasteiger partial charge on any atom is -0.326 e. The normalized spacial score (nSPS) is 10.6. The molecule has 0 fully saturated rings. The molecule has 8 heteroatoms. The smallest absolute Gasteiger partial charge is 0.221 e. The van der Waals surface area contributed by atoms with Crippen LogP contribution in [-0.2, 0) is 4.79 Å². The first-order chi connectivity index (χ1) is 12.9. The number of rotatable bonds is 6. The van der Waals surface area contributed by atoms with Crippen LogP contribution in [0, 0.1) is 13.8 Å². The van der Waals surface area contributed by atoms with Crippen molar-refractivity contribution in [1.82, 2.24) is 20.2 Å². The van der Waals surface area contributed by atoms with Crippen LogP contribution in [0.2, 0.25) is 0 Å². The van der Waals surface area contributed by atoms with E-state index in [0.29, 0.717) is 22.1 Å². The highest BCUT2D eigenvalue weighted by atomic mass is 32.2. The molecule has 1 N–H and O–H groups in total. The molecule has 0 saturated carbocycles. The minimum atomic E-state index is -0.155. The van der Waals surface area contributed by atoms with Crippen molar-refractivity contribution in [2.45, 2.75) is 25.9 Å². The second-order valence-electron chi connectivity index (χ2n) is 6.14. The van der Waals surface area contributed by atoms with Crippen LogP contribution in [0.15, 0.2) is 47.6 Å². The van der Waals surface area contributed by atoms with Crippen molar-refractivity contribution >= 4 is 29.1 Å². The molecule has 0 atom stereocenters. The molecule has 3 rings (SSSR count). The third-order valence-electron chi connectivity index (χ3n) is 3.88. The SMILES string of the molecule is CC(=O)Nc1cccc(-n2nnnc2SCC(=O)c2cc(C)ccc2C)c1. The highest BCUT2D eigenvalue weighted by molar-refractivity contribution is 7.99. The lowest BCUT2D eigenvalue weighted by molar-refractivity contribution is -0.114. The van der Waals surface area contributed by atoms with E-state index in [4.69, 9.17) is 0 Å². The number of tetrazole rings is 1. The van der Waals surface area contributed by atoms with Crippen molar-refractivity contribution in [3.05, 3.63) is 59.2 Å². The summed E-state index contributed by atoms with van der Waals surface area (Å²) in [5.74, 6) is 0.108. The minimum absolute atomic E-state index is 0.0303. The van der Waals surface area contributed by atoms with E-state index in [1.165, 1.54) is 18.7 Å². The summed E-state index contributed by atoms with van der Waals surface area (Å²) < 4.78 is 1.55. The lowest BCUT2D eigenvalue weighted by Gasteiger charge is -2.08. The van der Waals surface area contributed by atoms with Gasteiger partial charge in [-0.3, -0.25) is 9.59 Å². The predicted molar refractivity (Wildman–Crippen MR) is 104 cm³/mol. The van der Waals surface area contributed by atoms with Crippen molar-refractivity contribution in [2.24, 2.45) is 0 Å². The molecule has 0 aliphatic carbocycles. The van der Waals surface area contributed by atoms with Gasteiger partial charge in [0.05, 0.1) is 11.4 Å². The second kappa shape index (κ2) is 8.13. The van der Waals surface area contributed by atoms with Crippen molar-refractivity contribution in [2.75, 3.05) is 11.1 Å². The lowest BCUT2D eigenvalue weighted by atomic mass is 10.0. The molecule has 0 bridgehead atoms. The van der Waals surface area contributed by atoms with Gasteiger partial charge in [0.25, 0.3) is 0 Å². The van der Waals surface area contributed by atoms with E-state index in [-0.39, 0.29) is 17.4 Å². The number of hydrogen-bond donors (Lipinski definition) is 1. The first kappa shape index (κ1) is 18.8. The number of aryl methyl sites for hydroxylation is 2. The predicted octanol–water partition coefficient (Wildman–Crippen LogP) is 3.21. The summed E-state index contributed by atoms with van der Waals surface area (Å²) in [6.45, 7) is 5.34. The van der Waals surface area contributed by atoms with Gasteiger partial charge in [0, 0.05) is 18.2 Å². The molecule has 7 nitrogen and oxygen atoms in total. The number of hydrogen-bond acceptors (Lipinski definition) is 6. The highest BCUT2D eigenvalue weighted by Crippen LogP contribution is 2.22. The summed E-state index contributed by atoms with van der Waals surface area (Å²) in [5.41, 5.74) is 4.07. The zero-order chi connectivity index (χ0) is 19.4. The van der Waals surface area contributed by atoms with Gasteiger partial charge < -0.3 is 5.32 Å². The third-order valence-corrected chi connectivity index (χ3v) is 4.80. The van der Waals surface area contributed by atoms with E-state index in [1.807, 2.05) is 38.1 Å². The van der Waals surface area contributed by atoms with E-state index in [0.717, 1.165) is 11.1 Å². The maximum absolute atomic E-state index is 12.6. The number of anilines is 1. The number of nitrogens with zero attached hydrogens (tertiary/aromatic N) is 4. The maximum Gasteiger partial charge on any atom is 0.221 e. The Labute approximate surface area is 161 Å². The summed E-state index contributed by atoms with van der Waals surface area (Å²) >= 11 is 1.28. The molecule has 0 aliphatic rings. The van der Waals surface area contributed by atoms with Gasteiger partial charge >= 0.3 is 0 Å². The molecule has 2 aromatic carbocycles. The molecule has 3 aromatic rings. The Morgan fingerprint density at radius 2 is 1.96 bits per heavy atom. The van der Waals surface area contributed by atoms with Gasteiger partial charge in [-0.25, -0.2) is 0 Å². The summed E-state index contributed by atoms with van der Waals surface area (Å²) in [6.07, 6.45) is 0. The van der Waals surface area contributed by atoms with Crippen LogP contribution in [0.25, 0.3) is 5.69 Å². The third kappa shape index (κ3) is 4.59. The Kier molecular flexibility index (Phi) is 5.66. The van der Waals surface area contributed by atoms with E-state index < -0.39 is 0 Å². The Morgan fingerprint density at radius 3 is 2.74 bits per heavy atom. The highest BCUT2D eigenvalue weighted by Gasteiger charge is 2.14. The van der Waals surface area contributed by atoms with Gasteiger partial charge in [-0.2, -0.15) is 4.68 Å². The quantitative estimate of drug-likeness (QED) is 0.521. The van der Waals surface area contributed by atoms with E-state index in [9.17, 15) is 9.59 Å². The zero-order valence-corrected chi connectivity index (χ0v) is 16.1. The van der Waals surface area contributed by atoms with Crippen LogP contribution in [-0.4, -0.2) is 37.7 Å². The monoisotopic (exact) mass is 381 g/mol. The molecule has 0 saturated heterocycles. The van der Waals surface area contributed by atoms with Gasteiger partial charge in [0.1, 0.15) is 0 Å². The number of amides is 1. The molecular weight excluding hydrogens is 362 g/mol. The van der Waals surface area contributed by atoms with Gasteiger partial charge in [0.2, 0.25) is 11.1 Å². The van der Waals surface area contributed by atoms with Crippen molar-refractivity contribution in [3.63, 3.8) is 0 Å². The zero-order valence-electron chi connectivity index (χ0n) is 15.3. The number of Topliss-reactive ketones (excluding diaryl/α,β-unsaturated/α-hetero) is 1. The second-order valence-corrected chi connectivity index (χ2v) is 7.08. The van der Waals surface area contributed by atoms with Crippen LogP contribution in [0.4, 0.5) is 5.69 Å². The summed E-state index contributed by atoms with van der Waals surface area (Å²) in [6, 6.07) is 13.0. The average molecular weight is 381 g/mol. The maximum atomic E-state index is 12.6. The molecule has 138 valence electrons. The standard InChI is InChI=1S/C19H19N5O2S/c1-12-7-8-13(2)17(9-12)18(26)11-27-19-21-22-23-24(19)16-6-4-5-15(10-16)20-14(3)25/h4-10H,11H2,1-3H3,(H,20,25).